The molecular formula is C12H20N2. The van der Waals surface area contributed by atoms with E-state index in [9.17, 15) is 0 Å². The van der Waals surface area contributed by atoms with E-state index in [0.717, 1.165) is 17.0 Å². The summed E-state index contributed by atoms with van der Waals surface area (Å²) in [6.07, 6.45) is 1.98. The number of nitrogens with zero attached hydrogens (tertiary/aromatic N) is 2. The molecule has 0 saturated carbocycles. The van der Waals surface area contributed by atoms with Crippen molar-refractivity contribution in [3.8, 4) is 0 Å². The fraction of sp³-hybridized carbons (Fsp3) is 0.417. The Kier molecular flexibility index (Phi) is 4.92. The number of allylic oxidation sites excluding steroid dienone is 4. The third kappa shape index (κ3) is 2.87. The third-order valence-corrected chi connectivity index (χ3v) is 2.33. The minimum Gasteiger partial charge on any atom is -0.239 e. The molecule has 0 fully saturated rings. The fourth-order valence-corrected chi connectivity index (χ4v) is 0.979. The van der Waals surface area contributed by atoms with Crippen LogP contribution >= 0.6 is 0 Å². The van der Waals surface area contributed by atoms with E-state index in [-0.39, 0.29) is 0 Å². The standard InChI is InChI=1S/C12H20N2/c1-8-10(4)14(13-7)12(6)11(5)9(2)3/h8H,6-7H2,1-5H3/b10-8+. The first kappa shape index (κ1) is 12.7. The Morgan fingerprint density at radius 1 is 1.21 bits per heavy atom. The first-order chi connectivity index (χ1) is 6.45. The highest BCUT2D eigenvalue weighted by Gasteiger charge is 2.09. The van der Waals surface area contributed by atoms with Gasteiger partial charge in [0.15, 0.2) is 0 Å². The largest absolute Gasteiger partial charge is 0.239 e. The van der Waals surface area contributed by atoms with E-state index >= 15 is 0 Å². The van der Waals surface area contributed by atoms with E-state index in [1.165, 1.54) is 5.57 Å². The summed E-state index contributed by atoms with van der Waals surface area (Å²) < 4.78 is 0. The summed E-state index contributed by atoms with van der Waals surface area (Å²) in [7, 11) is 0. The Balaban J connectivity index is 5.01. The van der Waals surface area contributed by atoms with Gasteiger partial charge in [0.25, 0.3) is 0 Å². The summed E-state index contributed by atoms with van der Waals surface area (Å²) in [4.78, 5) is 0. The van der Waals surface area contributed by atoms with Crippen LogP contribution in [0.3, 0.4) is 0 Å². The third-order valence-electron chi connectivity index (χ3n) is 2.33. The van der Waals surface area contributed by atoms with Gasteiger partial charge in [-0.15, -0.1) is 0 Å². The van der Waals surface area contributed by atoms with Gasteiger partial charge in [-0.2, -0.15) is 5.10 Å². The van der Waals surface area contributed by atoms with Gasteiger partial charge in [-0.3, -0.25) is 0 Å². The van der Waals surface area contributed by atoms with Crippen molar-refractivity contribution in [1.82, 2.24) is 5.01 Å². The first-order valence-corrected chi connectivity index (χ1v) is 4.68. The van der Waals surface area contributed by atoms with Gasteiger partial charge in [-0.25, -0.2) is 5.01 Å². The maximum Gasteiger partial charge on any atom is 0.0605 e. The molecule has 0 aromatic carbocycles. The molecule has 0 aliphatic rings. The quantitative estimate of drug-likeness (QED) is 0.377. The molecule has 0 aromatic heterocycles. The molecule has 0 aromatic rings. The van der Waals surface area contributed by atoms with Crippen molar-refractivity contribution in [2.24, 2.45) is 5.10 Å². The van der Waals surface area contributed by atoms with Crippen LogP contribution in [0.25, 0.3) is 0 Å². The fourth-order valence-electron chi connectivity index (χ4n) is 0.979. The molecule has 0 radical (unpaired) electrons. The van der Waals surface area contributed by atoms with Crippen molar-refractivity contribution in [2.75, 3.05) is 0 Å². The Hall–Kier alpha value is -1.31. The average molecular weight is 192 g/mol. The van der Waals surface area contributed by atoms with Gasteiger partial charge in [0.05, 0.1) is 5.70 Å². The van der Waals surface area contributed by atoms with Crippen molar-refractivity contribution >= 4 is 6.72 Å². The average Bonchev–Trinajstić information content (AvgIpc) is 2.16. The molecule has 2 nitrogen and oxygen atoms in total. The molecule has 0 aliphatic heterocycles. The molecule has 14 heavy (non-hydrogen) atoms. The van der Waals surface area contributed by atoms with Crippen LogP contribution in [0.1, 0.15) is 34.6 Å². The van der Waals surface area contributed by atoms with Gasteiger partial charge in [-0.05, 0) is 40.2 Å². The van der Waals surface area contributed by atoms with E-state index in [4.69, 9.17) is 0 Å². The van der Waals surface area contributed by atoms with Crippen molar-refractivity contribution in [1.29, 1.82) is 0 Å². The molecule has 0 heterocycles. The summed E-state index contributed by atoms with van der Waals surface area (Å²) in [6, 6.07) is 0. The zero-order chi connectivity index (χ0) is 11.3. The molecule has 78 valence electrons. The summed E-state index contributed by atoms with van der Waals surface area (Å²) in [5.74, 6) is 0. The van der Waals surface area contributed by atoms with E-state index in [1.807, 2.05) is 26.8 Å². The van der Waals surface area contributed by atoms with Crippen LogP contribution in [0, 0.1) is 0 Å². The number of hydrogen-bond acceptors (Lipinski definition) is 2. The molecule has 0 atom stereocenters. The SMILES string of the molecule is C=NN(C(=C)C(C)=C(C)C)/C(C)=C/C. The predicted octanol–water partition coefficient (Wildman–Crippen LogP) is 3.70. The predicted molar refractivity (Wildman–Crippen MR) is 64.0 cm³/mol. The van der Waals surface area contributed by atoms with Crippen molar-refractivity contribution in [2.45, 2.75) is 34.6 Å². The van der Waals surface area contributed by atoms with Crippen molar-refractivity contribution in [3.63, 3.8) is 0 Å². The van der Waals surface area contributed by atoms with E-state index in [0.29, 0.717) is 0 Å². The van der Waals surface area contributed by atoms with Crippen LogP contribution in [-0.4, -0.2) is 11.7 Å². The lowest BCUT2D eigenvalue weighted by Gasteiger charge is -2.22. The van der Waals surface area contributed by atoms with Crippen molar-refractivity contribution in [3.05, 3.63) is 35.2 Å². The molecule has 0 rings (SSSR count). The molecule has 0 saturated heterocycles. The van der Waals surface area contributed by atoms with Crippen molar-refractivity contribution < 1.29 is 0 Å². The lowest BCUT2D eigenvalue weighted by molar-refractivity contribution is 0.468. The molecular weight excluding hydrogens is 172 g/mol. The smallest absolute Gasteiger partial charge is 0.0605 e. The van der Waals surface area contributed by atoms with E-state index in [2.05, 4.69) is 32.2 Å². The lowest BCUT2D eigenvalue weighted by Crippen LogP contribution is -2.14. The lowest BCUT2D eigenvalue weighted by atomic mass is 10.1. The molecule has 0 amide bonds. The molecule has 0 N–H and O–H groups in total. The van der Waals surface area contributed by atoms with Gasteiger partial charge in [-0.1, -0.05) is 18.2 Å². The minimum absolute atomic E-state index is 0.885. The highest BCUT2D eigenvalue weighted by Crippen LogP contribution is 2.20. The first-order valence-electron chi connectivity index (χ1n) is 4.68. The maximum atomic E-state index is 4.01. The Morgan fingerprint density at radius 3 is 2.00 bits per heavy atom. The second-order valence-corrected chi connectivity index (χ2v) is 3.45. The van der Waals surface area contributed by atoms with Crippen LogP contribution < -0.4 is 0 Å². The minimum atomic E-state index is 0.885. The summed E-state index contributed by atoms with van der Waals surface area (Å²) >= 11 is 0. The number of rotatable bonds is 4. The number of hydrogen-bond donors (Lipinski definition) is 0. The summed E-state index contributed by atoms with van der Waals surface area (Å²) in [5.41, 5.74) is 4.31. The van der Waals surface area contributed by atoms with Gasteiger partial charge in [0, 0.05) is 12.4 Å². The van der Waals surface area contributed by atoms with Gasteiger partial charge in [0.1, 0.15) is 0 Å². The molecule has 2 heteroatoms. The molecule has 0 unspecified atom stereocenters. The highest BCUT2D eigenvalue weighted by atomic mass is 15.5. The van der Waals surface area contributed by atoms with E-state index < -0.39 is 0 Å². The monoisotopic (exact) mass is 192 g/mol. The van der Waals surface area contributed by atoms with Crippen LogP contribution in [0.2, 0.25) is 0 Å². The maximum absolute atomic E-state index is 4.01. The van der Waals surface area contributed by atoms with Crippen LogP contribution in [0.4, 0.5) is 0 Å². The number of hydrazone groups is 1. The molecule has 0 aliphatic carbocycles. The van der Waals surface area contributed by atoms with E-state index in [1.54, 1.807) is 5.01 Å². The Labute approximate surface area is 87.3 Å². The zero-order valence-corrected chi connectivity index (χ0v) is 9.89. The topological polar surface area (TPSA) is 15.6 Å². The van der Waals surface area contributed by atoms with Gasteiger partial charge in [0.2, 0.25) is 0 Å². The summed E-state index contributed by atoms with van der Waals surface area (Å²) in [6.45, 7) is 17.7. The highest BCUT2D eigenvalue weighted by molar-refractivity contribution is 5.33. The second kappa shape index (κ2) is 5.43. The molecule has 0 spiro atoms. The van der Waals surface area contributed by atoms with Gasteiger partial charge < -0.3 is 0 Å². The summed E-state index contributed by atoms with van der Waals surface area (Å²) in [5, 5.41) is 5.70. The second-order valence-electron chi connectivity index (χ2n) is 3.45. The molecule has 0 bridgehead atoms. The van der Waals surface area contributed by atoms with Gasteiger partial charge >= 0.3 is 0 Å². The Bertz CT molecular complexity index is 291. The normalized spacial score (nSPS) is 10.8. The Morgan fingerprint density at radius 2 is 1.71 bits per heavy atom. The van der Waals surface area contributed by atoms with Crippen LogP contribution in [0.5, 0.6) is 0 Å². The van der Waals surface area contributed by atoms with Crippen LogP contribution in [-0.2, 0) is 0 Å². The zero-order valence-electron chi connectivity index (χ0n) is 9.89. The van der Waals surface area contributed by atoms with Crippen LogP contribution in [0.15, 0.2) is 40.3 Å².